The minimum absolute atomic E-state index is 0.0218. The molecule has 0 saturated carbocycles. The highest BCUT2D eigenvalue weighted by Crippen LogP contribution is 2.20. The van der Waals surface area contributed by atoms with Crippen molar-refractivity contribution in [1.29, 1.82) is 5.26 Å². The first-order chi connectivity index (χ1) is 9.60. The molecule has 6 heteroatoms. The first kappa shape index (κ1) is 12.5. The molecule has 0 aliphatic carbocycles. The molecule has 4 nitrogen and oxygen atoms in total. The number of rotatable bonds is 1. The van der Waals surface area contributed by atoms with E-state index in [0.717, 1.165) is 11.2 Å². The fourth-order valence-corrected chi connectivity index (χ4v) is 2.36. The highest BCUT2D eigenvalue weighted by molar-refractivity contribution is 7.71. The lowest BCUT2D eigenvalue weighted by molar-refractivity contribution is 0.623. The number of pyridine rings is 1. The summed E-state index contributed by atoms with van der Waals surface area (Å²) in [5, 5.41) is 8.92. The van der Waals surface area contributed by atoms with Crippen LogP contribution in [0.1, 0.15) is 11.3 Å². The topological polar surface area (TPSA) is 57.4 Å². The van der Waals surface area contributed by atoms with Crippen LogP contribution in [0.25, 0.3) is 16.9 Å². The van der Waals surface area contributed by atoms with Gasteiger partial charge in [-0.3, -0.25) is 4.57 Å². The molecule has 0 aliphatic heterocycles. The molecule has 0 fully saturated rings. The van der Waals surface area contributed by atoms with E-state index < -0.39 is 5.82 Å². The van der Waals surface area contributed by atoms with Crippen molar-refractivity contribution in [3.8, 4) is 11.8 Å². The monoisotopic (exact) mass is 284 g/mol. The number of halogens is 1. The van der Waals surface area contributed by atoms with E-state index in [-0.39, 0.29) is 5.56 Å². The third-order valence-electron chi connectivity index (χ3n) is 3.00. The zero-order chi connectivity index (χ0) is 14.3. The molecule has 0 aliphatic rings. The zero-order valence-corrected chi connectivity index (χ0v) is 11.3. The number of aromatic nitrogens is 3. The minimum Gasteiger partial charge on any atom is -0.329 e. The second kappa shape index (κ2) is 4.54. The van der Waals surface area contributed by atoms with Crippen LogP contribution in [-0.2, 0) is 0 Å². The molecule has 98 valence electrons. The van der Waals surface area contributed by atoms with E-state index in [0.29, 0.717) is 16.1 Å². The van der Waals surface area contributed by atoms with Crippen molar-refractivity contribution in [3.05, 3.63) is 52.2 Å². The molecule has 1 N–H and O–H groups in total. The number of hydrogen-bond donors (Lipinski definition) is 1. The van der Waals surface area contributed by atoms with Crippen molar-refractivity contribution in [2.24, 2.45) is 0 Å². The molecule has 2 heterocycles. The first-order valence-corrected chi connectivity index (χ1v) is 6.29. The van der Waals surface area contributed by atoms with Crippen LogP contribution < -0.4 is 0 Å². The molecule has 0 radical (unpaired) electrons. The third-order valence-corrected chi connectivity index (χ3v) is 3.28. The van der Waals surface area contributed by atoms with Crippen molar-refractivity contribution >= 4 is 23.4 Å². The number of aromatic amines is 1. The highest BCUT2D eigenvalue weighted by atomic mass is 32.1. The van der Waals surface area contributed by atoms with Crippen LogP contribution in [-0.4, -0.2) is 14.5 Å². The molecule has 0 amide bonds. The summed E-state index contributed by atoms with van der Waals surface area (Å²) in [7, 11) is 0. The number of H-pyrrole nitrogens is 1. The van der Waals surface area contributed by atoms with E-state index in [9.17, 15) is 4.39 Å². The normalized spacial score (nSPS) is 10.7. The van der Waals surface area contributed by atoms with Gasteiger partial charge in [-0.15, -0.1) is 0 Å². The van der Waals surface area contributed by atoms with Crippen LogP contribution in [0.5, 0.6) is 0 Å². The minimum atomic E-state index is -0.549. The van der Waals surface area contributed by atoms with Crippen LogP contribution in [0.3, 0.4) is 0 Å². The van der Waals surface area contributed by atoms with Crippen LogP contribution in [0, 0.1) is 28.8 Å². The average Bonchev–Trinajstić information content (AvgIpc) is 2.75. The van der Waals surface area contributed by atoms with Crippen molar-refractivity contribution < 1.29 is 4.39 Å². The van der Waals surface area contributed by atoms with Gasteiger partial charge in [-0.25, -0.2) is 9.37 Å². The van der Waals surface area contributed by atoms with E-state index in [1.165, 1.54) is 12.1 Å². The average molecular weight is 284 g/mol. The van der Waals surface area contributed by atoms with Gasteiger partial charge >= 0.3 is 0 Å². The van der Waals surface area contributed by atoms with Crippen LogP contribution in [0.4, 0.5) is 4.39 Å². The van der Waals surface area contributed by atoms with Gasteiger partial charge in [0.2, 0.25) is 0 Å². The number of nitrogens with one attached hydrogen (secondary N) is 1. The highest BCUT2D eigenvalue weighted by Gasteiger charge is 2.10. The summed E-state index contributed by atoms with van der Waals surface area (Å²) in [6.07, 6.45) is 0. The van der Waals surface area contributed by atoms with Gasteiger partial charge in [0.25, 0.3) is 0 Å². The number of hydrogen-bond acceptors (Lipinski definition) is 3. The van der Waals surface area contributed by atoms with Gasteiger partial charge < -0.3 is 4.98 Å². The van der Waals surface area contributed by atoms with Crippen LogP contribution in [0.2, 0.25) is 0 Å². The summed E-state index contributed by atoms with van der Waals surface area (Å²) in [5.74, 6) is -0.549. The van der Waals surface area contributed by atoms with Crippen molar-refractivity contribution in [1.82, 2.24) is 14.5 Å². The summed E-state index contributed by atoms with van der Waals surface area (Å²) in [6, 6.07) is 9.88. The Morgan fingerprint density at radius 3 is 2.90 bits per heavy atom. The quantitative estimate of drug-likeness (QED) is 0.697. The Labute approximate surface area is 119 Å². The summed E-state index contributed by atoms with van der Waals surface area (Å²) in [5.41, 5.74) is 2.89. The molecule has 1 aromatic carbocycles. The number of benzene rings is 1. The second-order valence-corrected chi connectivity index (χ2v) is 4.75. The maximum Gasteiger partial charge on any atom is 0.183 e. The predicted molar refractivity (Wildman–Crippen MR) is 75.7 cm³/mol. The Morgan fingerprint density at radius 2 is 2.15 bits per heavy atom. The molecule has 0 bridgehead atoms. The van der Waals surface area contributed by atoms with Gasteiger partial charge in [0.1, 0.15) is 11.9 Å². The van der Waals surface area contributed by atoms with Gasteiger partial charge in [-0.05, 0) is 49.5 Å². The molecule has 0 unspecified atom stereocenters. The number of nitrogens with zero attached hydrogens (tertiary/aromatic N) is 3. The lowest BCUT2D eigenvalue weighted by Crippen LogP contribution is -1.98. The summed E-state index contributed by atoms with van der Waals surface area (Å²) >= 11 is 5.28. The third kappa shape index (κ3) is 1.89. The number of aryl methyl sites for hydroxylation is 1. The van der Waals surface area contributed by atoms with Gasteiger partial charge in [-0.1, -0.05) is 0 Å². The van der Waals surface area contributed by atoms with E-state index in [1.807, 2.05) is 25.1 Å². The molecule has 3 rings (SSSR count). The predicted octanol–water partition coefficient (Wildman–Crippen LogP) is 3.40. The Hall–Kier alpha value is -2.52. The van der Waals surface area contributed by atoms with Crippen molar-refractivity contribution in [2.45, 2.75) is 6.92 Å². The molecule has 20 heavy (non-hydrogen) atoms. The Morgan fingerprint density at radius 1 is 1.35 bits per heavy atom. The zero-order valence-electron chi connectivity index (χ0n) is 10.5. The number of imidazole rings is 1. The van der Waals surface area contributed by atoms with Gasteiger partial charge in [0.15, 0.2) is 10.4 Å². The lowest BCUT2D eigenvalue weighted by atomic mass is 10.2. The maximum absolute atomic E-state index is 13.4. The van der Waals surface area contributed by atoms with E-state index in [4.69, 9.17) is 17.5 Å². The smallest absolute Gasteiger partial charge is 0.183 e. The fraction of sp³-hybridized carbons (Fsp3) is 0.0714. The Bertz CT molecular complexity index is 917. The molecule has 0 saturated heterocycles. The molecular formula is C14H9FN4S. The van der Waals surface area contributed by atoms with Crippen molar-refractivity contribution in [3.63, 3.8) is 0 Å². The van der Waals surface area contributed by atoms with Gasteiger partial charge in [0.05, 0.1) is 16.8 Å². The van der Waals surface area contributed by atoms with E-state index >= 15 is 0 Å². The molecule has 2 aromatic heterocycles. The lowest BCUT2D eigenvalue weighted by Gasteiger charge is -2.05. The summed E-state index contributed by atoms with van der Waals surface area (Å²) < 4.78 is 15.6. The molecule has 0 atom stereocenters. The van der Waals surface area contributed by atoms with Crippen molar-refractivity contribution in [2.75, 3.05) is 0 Å². The number of nitriles is 1. The van der Waals surface area contributed by atoms with E-state index in [1.54, 1.807) is 10.6 Å². The molecule has 0 spiro atoms. The Kier molecular flexibility index (Phi) is 2.84. The molecular weight excluding hydrogens is 275 g/mol. The fourth-order valence-electron chi connectivity index (χ4n) is 2.06. The molecule has 3 aromatic rings. The van der Waals surface area contributed by atoms with Gasteiger partial charge in [-0.2, -0.15) is 5.26 Å². The van der Waals surface area contributed by atoms with Gasteiger partial charge in [0, 0.05) is 5.69 Å². The number of fused-ring (bicyclic) bond motifs is 1. The van der Waals surface area contributed by atoms with E-state index in [2.05, 4.69) is 9.97 Å². The van der Waals surface area contributed by atoms with Crippen LogP contribution >= 0.6 is 12.2 Å². The second-order valence-electron chi connectivity index (χ2n) is 4.37. The maximum atomic E-state index is 13.4. The summed E-state index contributed by atoms with van der Waals surface area (Å²) in [4.78, 5) is 7.48. The van der Waals surface area contributed by atoms with Crippen LogP contribution in [0.15, 0.2) is 30.3 Å². The Balaban J connectivity index is 2.35. The largest absolute Gasteiger partial charge is 0.329 e. The standard InChI is InChI=1S/C14H9FN4S/c1-8-2-5-12-13(17-8)19(14(20)18-12)10-3-4-11(15)9(6-10)7-16/h2-6H,1H3,(H,18,20). The SMILES string of the molecule is Cc1ccc2[nH]c(=S)n(-c3ccc(F)c(C#N)c3)c2n1. The first-order valence-electron chi connectivity index (χ1n) is 5.88. The summed E-state index contributed by atoms with van der Waals surface area (Å²) in [6.45, 7) is 1.88.